The number of hydrogen-bond acceptors (Lipinski definition) is 7. The lowest BCUT2D eigenvalue weighted by Crippen LogP contribution is -2.34. The van der Waals surface area contributed by atoms with Crippen LogP contribution in [0.25, 0.3) is 11.1 Å². The molecule has 0 spiro atoms. The zero-order valence-electron chi connectivity index (χ0n) is 18.2. The fourth-order valence-electron chi connectivity index (χ4n) is 3.17. The minimum atomic E-state index is -3.81. The second-order valence-electron chi connectivity index (χ2n) is 7.09. The predicted molar refractivity (Wildman–Crippen MR) is 134 cm³/mol. The van der Waals surface area contributed by atoms with Crippen LogP contribution in [0.4, 0.5) is 5.69 Å². The van der Waals surface area contributed by atoms with Gasteiger partial charge in [0.15, 0.2) is 0 Å². The van der Waals surface area contributed by atoms with Gasteiger partial charge in [0.2, 0.25) is 21.7 Å². The molecule has 0 unspecified atom stereocenters. The number of nitrogen functional groups attached to an aromatic ring is 1. The molecule has 3 aromatic rings. The monoisotopic (exact) mass is 501 g/mol. The number of rotatable bonds is 6. The predicted octanol–water partition coefficient (Wildman–Crippen LogP) is 3.64. The van der Waals surface area contributed by atoms with Crippen LogP contribution in [0.15, 0.2) is 67.5 Å². The normalized spacial score (nSPS) is 11.9. The highest BCUT2D eigenvalue weighted by Gasteiger charge is 2.25. The molecule has 0 saturated carbocycles. The molecule has 33 heavy (non-hydrogen) atoms. The number of sulfone groups is 1. The van der Waals surface area contributed by atoms with Gasteiger partial charge in [0, 0.05) is 6.92 Å². The Labute approximate surface area is 200 Å². The molecule has 2 aromatic carbocycles. The van der Waals surface area contributed by atoms with Crippen molar-refractivity contribution in [3.8, 4) is 11.1 Å². The fourth-order valence-corrected chi connectivity index (χ4v) is 7.07. The molecule has 0 aliphatic carbocycles. The van der Waals surface area contributed by atoms with E-state index in [0.717, 1.165) is 16.7 Å². The number of benzene rings is 2. The van der Waals surface area contributed by atoms with E-state index in [1.807, 2.05) is 19.1 Å². The lowest BCUT2D eigenvalue weighted by atomic mass is 10.0. The Morgan fingerprint density at radius 3 is 2.48 bits per heavy atom. The van der Waals surface area contributed by atoms with Gasteiger partial charge in [-0.05, 0) is 60.2 Å². The number of carbonyl (C=O) groups is 1. The second kappa shape index (κ2) is 9.77. The highest BCUT2D eigenvalue weighted by Crippen LogP contribution is 2.38. The number of guanidine groups is 1. The van der Waals surface area contributed by atoms with E-state index in [9.17, 15) is 13.2 Å². The number of aliphatic imine (C=N–C) groups is 1. The van der Waals surface area contributed by atoms with Gasteiger partial charge in [0.25, 0.3) is 0 Å². The van der Waals surface area contributed by atoms with E-state index in [1.165, 1.54) is 36.1 Å². The van der Waals surface area contributed by atoms with E-state index in [4.69, 9.17) is 16.9 Å². The third-order valence-corrected chi connectivity index (χ3v) is 8.96. The smallest absolute Gasteiger partial charge is 0.223 e. The average molecular weight is 502 g/mol. The van der Waals surface area contributed by atoms with Gasteiger partial charge in [0.05, 0.1) is 24.6 Å². The van der Waals surface area contributed by atoms with E-state index in [-0.39, 0.29) is 27.5 Å². The van der Waals surface area contributed by atoms with Crippen LogP contribution >= 0.6 is 23.1 Å². The SMILES string of the molecule is CSc1sc(C(=N)N)cc1S(=O)(=O)c1cccc(-c2ccc(N=C(N)NC(C)=O)cc2C)c1. The third kappa shape index (κ3) is 5.44. The number of nitrogens with two attached hydrogens (primary N) is 2. The quantitative estimate of drug-likeness (QED) is 0.230. The van der Waals surface area contributed by atoms with Crippen molar-refractivity contribution in [2.24, 2.45) is 16.5 Å². The molecule has 1 heterocycles. The highest BCUT2D eigenvalue weighted by molar-refractivity contribution is 8.01. The lowest BCUT2D eigenvalue weighted by molar-refractivity contribution is -0.117. The van der Waals surface area contributed by atoms with E-state index in [1.54, 1.807) is 36.6 Å². The van der Waals surface area contributed by atoms with E-state index in [0.29, 0.717) is 14.8 Å². The van der Waals surface area contributed by atoms with Crippen LogP contribution in [-0.4, -0.2) is 32.4 Å². The van der Waals surface area contributed by atoms with E-state index in [2.05, 4.69) is 10.3 Å². The summed E-state index contributed by atoms with van der Waals surface area (Å²) in [6.07, 6.45) is 1.79. The molecule has 0 saturated heterocycles. The molecule has 0 atom stereocenters. The van der Waals surface area contributed by atoms with Gasteiger partial charge >= 0.3 is 0 Å². The molecule has 1 amide bonds. The first kappa shape index (κ1) is 24.5. The topological polar surface area (TPSA) is 151 Å². The molecule has 0 bridgehead atoms. The first-order valence-corrected chi connectivity index (χ1v) is 13.2. The largest absolute Gasteiger partial charge is 0.383 e. The van der Waals surface area contributed by atoms with Gasteiger partial charge in [-0.15, -0.1) is 23.1 Å². The summed E-state index contributed by atoms with van der Waals surface area (Å²) in [4.78, 5) is 16.0. The van der Waals surface area contributed by atoms with Gasteiger partial charge in [-0.2, -0.15) is 0 Å². The summed E-state index contributed by atoms with van der Waals surface area (Å²) in [5.74, 6) is -0.482. The standard InChI is InChI=1S/C22H23N5O3S3/c1-12-9-15(27-22(25)26-13(2)28)7-8-17(12)14-5-4-6-16(10-14)33(29,30)19-11-18(20(23)24)32-21(19)31-3/h4-11H,1-3H3,(H3,23,24)(H3,25,26,27,28). The Balaban J connectivity index is 2.01. The van der Waals surface area contributed by atoms with Crippen molar-refractivity contribution in [3.05, 3.63) is 59.0 Å². The molecule has 8 nitrogen and oxygen atoms in total. The van der Waals surface area contributed by atoms with Crippen molar-refractivity contribution >= 4 is 56.3 Å². The van der Waals surface area contributed by atoms with Gasteiger partial charge in [-0.1, -0.05) is 18.2 Å². The minimum absolute atomic E-state index is 0.00645. The van der Waals surface area contributed by atoms with Gasteiger partial charge < -0.3 is 11.5 Å². The molecule has 11 heteroatoms. The van der Waals surface area contributed by atoms with Crippen molar-refractivity contribution in [1.82, 2.24) is 5.32 Å². The van der Waals surface area contributed by atoms with Gasteiger partial charge in [0.1, 0.15) is 5.84 Å². The first-order chi connectivity index (χ1) is 15.5. The summed E-state index contributed by atoms with van der Waals surface area (Å²) in [6, 6.07) is 13.5. The van der Waals surface area contributed by atoms with Crippen molar-refractivity contribution < 1.29 is 13.2 Å². The fraction of sp³-hybridized carbons (Fsp3) is 0.136. The Hall–Kier alpha value is -3.15. The van der Waals surface area contributed by atoms with Crippen LogP contribution < -0.4 is 16.8 Å². The van der Waals surface area contributed by atoms with Crippen LogP contribution in [0.5, 0.6) is 0 Å². The van der Waals surface area contributed by atoms with Gasteiger partial charge in [-0.25, -0.2) is 13.4 Å². The summed E-state index contributed by atoms with van der Waals surface area (Å²) in [6.45, 7) is 3.23. The molecule has 0 aliphatic heterocycles. The molecular formula is C22H23N5O3S3. The Morgan fingerprint density at radius 1 is 1.15 bits per heavy atom. The van der Waals surface area contributed by atoms with E-state index < -0.39 is 9.84 Å². The summed E-state index contributed by atoms with van der Waals surface area (Å²) < 4.78 is 27.4. The summed E-state index contributed by atoms with van der Waals surface area (Å²) in [7, 11) is -3.81. The highest BCUT2D eigenvalue weighted by atomic mass is 32.2. The Morgan fingerprint density at radius 2 is 1.88 bits per heavy atom. The number of amidine groups is 1. The zero-order chi connectivity index (χ0) is 24.3. The number of aryl methyl sites for hydroxylation is 1. The number of hydrogen-bond donors (Lipinski definition) is 4. The summed E-state index contributed by atoms with van der Waals surface area (Å²) in [5, 5.41) is 10.1. The average Bonchev–Trinajstić information content (AvgIpc) is 3.19. The minimum Gasteiger partial charge on any atom is -0.383 e. The van der Waals surface area contributed by atoms with E-state index >= 15 is 0 Å². The third-order valence-electron chi connectivity index (χ3n) is 4.63. The number of thioether (sulfide) groups is 1. The number of amides is 1. The molecule has 172 valence electrons. The van der Waals surface area contributed by atoms with Crippen LogP contribution in [-0.2, 0) is 14.6 Å². The molecule has 6 N–H and O–H groups in total. The first-order valence-electron chi connectivity index (χ1n) is 9.63. The lowest BCUT2D eigenvalue weighted by Gasteiger charge is -2.10. The Bertz CT molecular complexity index is 1380. The maximum absolute atomic E-state index is 13.4. The number of nitrogens with zero attached hydrogens (tertiary/aromatic N) is 1. The summed E-state index contributed by atoms with van der Waals surface area (Å²) in [5.41, 5.74) is 14.3. The second-order valence-corrected chi connectivity index (χ2v) is 11.1. The van der Waals surface area contributed by atoms with Crippen molar-refractivity contribution in [3.63, 3.8) is 0 Å². The zero-order valence-corrected chi connectivity index (χ0v) is 20.6. The van der Waals surface area contributed by atoms with Crippen LogP contribution in [0.2, 0.25) is 0 Å². The van der Waals surface area contributed by atoms with Crippen molar-refractivity contribution in [2.45, 2.75) is 27.8 Å². The molecule has 3 rings (SSSR count). The molecule has 1 aromatic heterocycles. The number of nitrogens with one attached hydrogen (secondary N) is 2. The van der Waals surface area contributed by atoms with Crippen LogP contribution in [0.1, 0.15) is 17.4 Å². The number of carbonyl (C=O) groups excluding carboxylic acids is 1. The van der Waals surface area contributed by atoms with Crippen molar-refractivity contribution in [2.75, 3.05) is 6.26 Å². The Kier molecular flexibility index (Phi) is 7.25. The molecule has 0 fully saturated rings. The van der Waals surface area contributed by atoms with Gasteiger partial charge in [-0.3, -0.25) is 15.5 Å². The molecular weight excluding hydrogens is 478 g/mol. The number of thiophene rings is 1. The molecule has 0 aliphatic rings. The molecule has 0 radical (unpaired) electrons. The van der Waals surface area contributed by atoms with Crippen LogP contribution in [0, 0.1) is 12.3 Å². The summed E-state index contributed by atoms with van der Waals surface area (Å²) >= 11 is 2.49. The maximum atomic E-state index is 13.4. The maximum Gasteiger partial charge on any atom is 0.223 e. The van der Waals surface area contributed by atoms with Crippen LogP contribution in [0.3, 0.4) is 0 Å². The van der Waals surface area contributed by atoms with Crippen molar-refractivity contribution in [1.29, 1.82) is 5.41 Å².